The molecule has 0 bridgehead atoms. The maximum absolute atomic E-state index is 13.0. The Kier molecular flexibility index (Phi) is 6.24. The van der Waals surface area contributed by atoms with E-state index in [1.54, 1.807) is 6.20 Å². The summed E-state index contributed by atoms with van der Waals surface area (Å²) in [7, 11) is 0. The van der Waals surface area contributed by atoms with Crippen molar-refractivity contribution >= 4 is 11.7 Å². The quantitative estimate of drug-likeness (QED) is 0.794. The molecule has 4 heterocycles. The van der Waals surface area contributed by atoms with Crippen molar-refractivity contribution < 1.29 is 14.3 Å². The van der Waals surface area contributed by atoms with Gasteiger partial charge in [-0.25, -0.2) is 4.98 Å². The van der Waals surface area contributed by atoms with Gasteiger partial charge in [-0.1, -0.05) is 0 Å². The molecule has 0 aliphatic carbocycles. The summed E-state index contributed by atoms with van der Waals surface area (Å²) in [5.41, 5.74) is 0.752. The van der Waals surface area contributed by atoms with Gasteiger partial charge in [-0.3, -0.25) is 4.79 Å². The molecule has 1 atom stereocenters. The smallest absolute Gasteiger partial charge is 0.257 e. The van der Waals surface area contributed by atoms with Gasteiger partial charge in [0.1, 0.15) is 5.82 Å². The zero-order valence-electron chi connectivity index (χ0n) is 16.1. The number of likely N-dealkylation sites (tertiary alicyclic amines) is 1. The highest BCUT2D eigenvalue weighted by molar-refractivity contribution is 5.99. The maximum Gasteiger partial charge on any atom is 0.257 e. The summed E-state index contributed by atoms with van der Waals surface area (Å²) in [5.74, 6) is 1.54. The molecule has 6 heteroatoms. The second-order valence-electron chi connectivity index (χ2n) is 7.98. The van der Waals surface area contributed by atoms with Gasteiger partial charge in [0, 0.05) is 44.9 Å². The fourth-order valence-electron chi connectivity index (χ4n) is 4.30. The van der Waals surface area contributed by atoms with E-state index in [1.165, 1.54) is 6.42 Å². The number of ether oxygens (including phenoxy) is 2. The van der Waals surface area contributed by atoms with Crippen LogP contribution in [-0.4, -0.2) is 67.9 Å². The van der Waals surface area contributed by atoms with Crippen molar-refractivity contribution in [2.24, 2.45) is 5.92 Å². The molecule has 4 rings (SSSR count). The molecular formula is C21H31N3O3. The molecule has 0 spiro atoms. The van der Waals surface area contributed by atoms with E-state index < -0.39 is 0 Å². The van der Waals surface area contributed by atoms with Crippen LogP contribution in [0.4, 0.5) is 5.82 Å². The minimum atomic E-state index is 0.136. The van der Waals surface area contributed by atoms with E-state index in [4.69, 9.17) is 9.47 Å². The molecule has 0 radical (unpaired) electrons. The van der Waals surface area contributed by atoms with Gasteiger partial charge in [-0.15, -0.1) is 0 Å². The Balaban J connectivity index is 1.34. The number of rotatable bonds is 5. The average Bonchev–Trinajstić information content (AvgIpc) is 3.26. The summed E-state index contributed by atoms with van der Waals surface area (Å²) >= 11 is 0. The summed E-state index contributed by atoms with van der Waals surface area (Å²) in [4.78, 5) is 21.8. The predicted octanol–water partition coefficient (Wildman–Crippen LogP) is 2.73. The lowest BCUT2D eigenvalue weighted by atomic mass is 10.1. The first-order valence-electron chi connectivity index (χ1n) is 10.5. The minimum absolute atomic E-state index is 0.136. The van der Waals surface area contributed by atoms with Crippen molar-refractivity contribution in [3.05, 3.63) is 23.9 Å². The van der Waals surface area contributed by atoms with E-state index in [1.807, 2.05) is 17.0 Å². The highest BCUT2D eigenvalue weighted by atomic mass is 16.5. The highest BCUT2D eigenvalue weighted by Gasteiger charge is 2.27. The summed E-state index contributed by atoms with van der Waals surface area (Å²) in [6.07, 6.45) is 8.64. The van der Waals surface area contributed by atoms with Crippen molar-refractivity contribution in [3.8, 4) is 0 Å². The molecule has 0 saturated carbocycles. The van der Waals surface area contributed by atoms with Crippen molar-refractivity contribution in [2.75, 3.05) is 50.9 Å². The molecule has 3 aliphatic heterocycles. The fraction of sp³-hybridized carbons (Fsp3) is 0.714. The average molecular weight is 373 g/mol. The van der Waals surface area contributed by atoms with Gasteiger partial charge in [0.05, 0.1) is 24.9 Å². The Morgan fingerprint density at radius 2 is 1.96 bits per heavy atom. The van der Waals surface area contributed by atoms with E-state index in [0.717, 1.165) is 89.5 Å². The summed E-state index contributed by atoms with van der Waals surface area (Å²) in [6, 6.07) is 3.81. The molecule has 0 aromatic carbocycles. The first kappa shape index (κ1) is 18.7. The van der Waals surface area contributed by atoms with Gasteiger partial charge in [-0.2, -0.15) is 0 Å². The van der Waals surface area contributed by atoms with Crippen LogP contribution in [-0.2, 0) is 9.47 Å². The van der Waals surface area contributed by atoms with Gasteiger partial charge in [0.25, 0.3) is 5.91 Å². The van der Waals surface area contributed by atoms with Crippen molar-refractivity contribution in [3.63, 3.8) is 0 Å². The number of amides is 1. The van der Waals surface area contributed by atoms with Crippen molar-refractivity contribution in [1.82, 2.24) is 9.88 Å². The normalized spacial score (nSPS) is 24.4. The molecule has 3 saturated heterocycles. The van der Waals surface area contributed by atoms with Crippen LogP contribution < -0.4 is 4.90 Å². The molecule has 27 heavy (non-hydrogen) atoms. The predicted molar refractivity (Wildman–Crippen MR) is 104 cm³/mol. The van der Waals surface area contributed by atoms with Gasteiger partial charge in [0.2, 0.25) is 0 Å². The molecule has 1 aromatic heterocycles. The molecule has 3 aliphatic rings. The third-order valence-electron chi connectivity index (χ3n) is 5.99. The molecule has 1 aromatic rings. The van der Waals surface area contributed by atoms with E-state index in [9.17, 15) is 4.79 Å². The second kappa shape index (κ2) is 9.02. The Bertz CT molecular complexity index is 619. The van der Waals surface area contributed by atoms with E-state index in [0.29, 0.717) is 12.0 Å². The lowest BCUT2D eigenvalue weighted by Gasteiger charge is -2.35. The number of carbonyl (C=O) groups excluding carboxylic acids is 1. The monoisotopic (exact) mass is 373 g/mol. The van der Waals surface area contributed by atoms with Crippen LogP contribution >= 0.6 is 0 Å². The van der Waals surface area contributed by atoms with Crippen molar-refractivity contribution in [1.29, 1.82) is 0 Å². The van der Waals surface area contributed by atoms with Crippen LogP contribution in [0.3, 0.4) is 0 Å². The van der Waals surface area contributed by atoms with Crippen LogP contribution in [0.1, 0.15) is 48.9 Å². The first-order chi connectivity index (χ1) is 13.3. The Labute approximate surface area is 161 Å². The summed E-state index contributed by atoms with van der Waals surface area (Å²) < 4.78 is 11.5. The topological polar surface area (TPSA) is 54.9 Å². The third kappa shape index (κ3) is 4.61. The molecule has 1 unspecified atom stereocenters. The standard InChI is InChI=1S/C21H31N3O3/c25-21(24-10-2-1-3-11-24)19-5-4-9-22-20(19)23-12-6-18(7-13-23)27-16-17-8-14-26-15-17/h4-5,9,17-18H,1-3,6-8,10-16H2. The molecule has 1 amide bonds. The fourth-order valence-corrected chi connectivity index (χ4v) is 4.30. The molecular weight excluding hydrogens is 342 g/mol. The van der Waals surface area contributed by atoms with Crippen molar-refractivity contribution in [2.45, 2.75) is 44.6 Å². The Hall–Kier alpha value is -1.66. The number of nitrogens with zero attached hydrogens (tertiary/aromatic N) is 3. The number of anilines is 1. The second-order valence-corrected chi connectivity index (χ2v) is 7.98. The lowest BCUT2D eigenvalue weighted by Crippen LogP contribution is -2.40. The zero-order valence-corrected chi connectivity index (χ0v) is 16.1. The van der Waals surface area contributed by atoms with Gasteiger partial charge in [-0.05, 0) is 50.7 Å². The minimum Gasteiger partial charge on any atom is -0.381 e. The molecule has 3 fully saturated rings. The van der Waals surface area contributed by atoms with Crippen LogP contribution in [0.25, 0.3) is 0 Å². The van der Waals surface area contributed by atoms with E-state index in [-0.39, 0.29) is 5.91 Å². The molecule has 6 nitrogen and oxygen atoms in total. The Morgan fingerprint density at radius 1 is 1.15 bits per heavy atom. The van der Waals surface area contributed by atoms with E-state index in [2.05, 4.69) is 9.88 Å². The largest absolute Gasteiger partial charge is 0.381 e. The Morgan fingerprint density at radius 3 is 2.70 bits per heavy atom. The number of carbonyl (C=O) groups is 1. The first-order valence-corrected chi connectivity index (χ1v) is 10.5. The van der Waals surface area contributed by atoms with Gasteiger partial charge < -0.3 is 19.3 Å². The number of hydrogen-bond acceptors (Lipinski definition) is 5. The lowest BCUT2D eigenvalue weighted by molar-refractivity contribution is 0.0131. The SMILES string of the molecule is O=C(c1cccnc1N1CCC(OCC2CCOC2)CC1)N1CCCCC1. The van der Waals surface area contributed by atoms with Crippen LogP contribution in [0.5, 0.6) is 0 Å². The maximum atomic E-state index is 13.0. The highest BCUT2D eigenvalue weighted by Crippen LogP contribution is 2.25. The third-order valence-corrected chi connectivity index (χ3v) is 5.99. The van der Waals surface area contributed by atoms with E-state index >= 15 is 0 Å². The molecule has 148 valence electrons. The van der Waals surface area contributed by atoms with Crippen LogP contribution in [0.2, 0.25) is 0 Å². The number of pyridine rings is 1. The number of piperidine rings is 2. The van der Waals surface area contributed by atoms with Gasteiger partial charge >= 0.3 is 0 Å². The summed E-state index contributed by atoms with van der Waals surface area (Å²) in [6.45, 7) is 6.05. The summed E-state index contributed by atoms with van der Waals surface area (Å²) in [5, 5.41) is 0. The number of hydrogen-bond donors (Lipinski definition) is 0. The zero-order chi connectivity index (χ0) is 18.5. The van der Waals surface area contributed by atoms with Crippen LogP contribution in [0.15, 0.2) is 18.3 Å². The number of aromatic nitrogens is 1. The molecule has 0 N–H and O–H groups in total. The van der Waals surface area contributed by atoms with Crippen LogP contribution in [0, 0.1) is 5.92 Å². The van der Waals surface area contributed by atoms with Gasteiger partial charge in [0.15, 0.2) is 0 Å².